The Labute approximate surface area is 162 Å². The molecule has 0 bridgehead atoms. The molecule has 0 spiro atoms. The van der Waals surface area contributed by atoms with Crippen LogP contribution < -0.4 is 0 Å². The van der Waals surface area contributed by atoms with Gasteiger partial charge in [0.05, 0.1) is 0 Å². The number of esters is 1. The summed E-state index contributed by atoms with van der Waals surface area (Å²) in [7, 11) is 0. The number of hydrogen-bond donors (Lipinski definition) is 0. The fourth-order valence-corrected chi connectivity index (χ4v) is 7.36. The van der Waals surface area contributed by atoms with E-state index in [9.17, 15) is 14.4 Å². The van der Waals surface area contributed by atoms with E-state index in [2.05, 4.69) is 13.8 Å². The first-order valence-electron chi connectivity index (χ1n) is 10.7. The van der Waals surface area contributed by atoms with Gasteiger partial charge in [-0.1, -0.05) is 19.4 Å². The molecule has 0 aromatic carbocycles. The average Bonchev–Trinajstić information content (AvgIpc) is 2.97. The topological polar surface area (TPSA) is 60.4 Å². The predicted octanol–water partition coefficient (Wildman–Crippen LogP) is 4.27. The molecule has 1 unspecified atom stereocenters. The van der Waals surface area contributed by atoms with E-state index >= 15 is 0 Å². The molecule has 0 aliphatic heterocycles. The van der Waals surface area contributed by atoms with E-state index in [-0.39, 0.29) is 35.1 Å². The zero-order valence-electron chi connectivity index (χ0n) is 16.9. The number of hydrogen-bond acceptors (Lipinski definition) is 4. The second kappa shape index (κ2) is 6.56. The van der Waals surface area contributed by atoms with E-state index < -0.39 is 0 Å². The van der Waals surface area contributed by atoms with Gasteiger partial charge in [0.1, 0.15) is 6.61 Å². The zero-order valence-corrected chi connectivity index (χ0v) is 16.9. The van der Waals surface area contributed by atoms with E-state index in [1.54, 1.807) is 0 Å². The fraction of sp³-hybridized carbons (Fsp3) is 0.783. The Bertz CT molecular complexity index is 707. The Morgan fingerprint density at radius 2 is 1.85 bits per heavy atom. The molecule has 4 rings (SSSR count). The molecular weight excluding hydrogens is 340 g/mol. The summed E-state index contributed by atoms with van der Waals surface area (Å²) in [4.78, 5) is 35.8. The Balaban J connectivity index is 1.56. The van der Waals surface area contributed by atoms with Crippen LogP contribution in [-0.4, -0.2) is 24.1 Å². The van der Waals surface area contributed by atoms with Crippen molar-refractivity contribution in [3.63, 3.8) is 0 Å². The minimum Gasteiger partial charge on any atom is -0.458 e. The number of carbonyl (C=O) groups is 3. The highest BCUT2D eigenvalue weighted by Gasteiger charge is 2.60. The number of carbonyl (C=O) groups excluding carboxylic acids is 3. The lowest BCUT2D eigenvalue weighted by atomic mass is 9.46. The van der Waals surface area contributed by atoms with E-state index in [1.165, 1.54) is 12.5 Å². The smallest absolute Gasteiger partial charge is 0.303 e. The summed E-state index contributed by atoms with van der Waals surface area (Å²) in [5.41, 5.74) is 1.61. The van der Waals surface area contributed by atoms with E-state index in [1.807, 2.05) is 6.08 Å². The number of ether oxygens (including phenoxy) is 1. The highest BCUT2D eigenvalue weighted by molar-refractivity contribution is 5.91. The largest absolute Gasteiger partial charge is 0.458 e. The van der Waals surface area contributed by atoms with Crippen LogP contribution in [0.4, 0.5) is 0 Å². The fourth-order valence-electron chi connectivity index (χ4n) is 7.36. The molecule has 0 radical (unpaired) electrons. The maximum absolute atomic E-state index is 12.8. The molecular formula is C23H32O4. The Hall–Kier alpha value is -1.45. The van der Waals surface area contributed by atoms with Gasteiger partial charge in [0.15, 0.2) is 11.6 Å². The lowest BCUT2D eigenvalue weighted by Crippen LogP contribution is -2.51. The van der Waals surface area contributed by atoms with Crippen molar-refractivity contribution in [1.82, 2.24) is 0 Å². The molecule has 3 saturated carbocycles. The summed E-state index contributed by atoms with van der Waals surface area (Å²) in [6, 6.07) is 0. The Morgan fingerprint density at radius 3 is 2.59 bits per heavy atom. The van der Waals surface area contributed by atoms with Crippen LogP contribution in [0.1, 0.15) is 72.1 Å². The summed E-state index contributed by atoms with van der Waals surface area (Å²) in [5, 5.41) is 0. The van der Waals surface area contributed by atoms with Crippen molar-refractivity contribution in [3.05, 3.63) is 11.6 Å². The first-order valence-corrected chi connectivity index (χ1v) is 10.7. The van der Waals surface area contributed by atoms with Crippen LogP contribution in [0.3, 0.4) is 0 Å². The second-order valence-corrected chi connectivity index (χ2v) is 9.89. The SMILES string of the molecule is CC(=O)OCC(=O)[C@H]1CC[C@H]2C3CCC4=CC(=O)CC[C@]4(C)[C@H]3CC[C@]12C. The molecule has 6 atom stereocenters. The number of ketones is 2. The van der Waals surface area contributed by atoms with Crippen molar-refractivity contribution < 1.29 is 19.1 Å². The second-order valence-electron chi connectivity index (χ2n) is 9.89. The molecule has 4 nitrogen and oxygen atoms in total. The number of Topliss-reactive ketones (excluding diaryl/α,β-unsaturated/α-hetero) is 1. The van der Waals surface area contributed by atoms with Gasteiger partial charge in [0, 0.05) is 19.3 Å². The van der Waals surface area contributed by atoms with Crippen molar-refractivity contribution in [2.24, 2.45) is 34.5 Å². The molecule has 3 fully saturated rings. The van der Waals surface area contributed by atoms with Gasteiger partial charge in [-0.05, 0) is 79.6 Å². The lowest BCUT2D eigenvalue weighted by molar-refractivity contribution is -0.149. The summed E-state index contributed by atoms with van der Waals surface area (Å²) >= 11 is 0. The minimum absolute atomic E-state index is 0.0282. The third-order valence-electron chi connectivity index (χ3n) is 8.77. The van der Waals surface area contributed by atoms with Crippen molar-refractivity contribution >= 4 is 17.5 Å². The molecule has 27 heavy (non-hydrogen) atoms. The summed E-state index contributed by atoms with van der Waals surface area (Å²) in [6.45, 7) is 6.00. The average molecular weight is 373 g/mol. The quantitative estimate of drug-likeness (QED) is 0.694. The molecule has 148 valence electrons. The van der Waals surface area contributed by atoms with E-state index in [0.717, 1.165) is 44.9 Å². The van der Waals surface area contributed by atoms with Gasteiger partial charge in [-0.3, -0.25) is 14.4 Å². The van der Waals surface area contributed by atoms with Crippen molar-refractivity contribution in [2.75, 3.05) is 6.61 Å². The van der Waals surface area contributed by atoms with E-state index in [4.69, 9.17) is 4.74 Å². The molecule has 0 saturated heterocycles. The van der Waals surface area contributed by atoms with Gasteiger partial charge < -0.3 is 4.74 Å². The summed E-state index contributed by atoms with van der Waals surface area (Å²) in [6.07, 6.45) is 10.1. The lowest BCUT2D eigenvalue weighted by Gasteiger charge is -2.58. The highest BCUT2D eigenvalue weighted by Crippen LogP contribution is 2.66. The molecule has 4 aliphatic rings. The van der Waals surface area contributed by atoms with Gasteiger partial charge in [-0.2, -0.15) is 0 Å². The van der Waals surface area contributed by atoms with Gasteiger partial charge in [-0.25, -0.2) is 0 Å². The number of fused-ring (bicyclic) bond motifs is 5. The maximum atomic E-state index is 12.8. The molecule has 4 heteroatoms. The van der Waals surface area contributed by atoms with Crippen molar-refractivity contribution in [1.29, 1.82) is 0 Å². The van der Waals surface area contributed by atoms with Crippen LogP contribution in [0.5, 0.6) is 0 Å². The number of rotatable bonds is 3. The van der Waals surface area contributed by atoms with Crippen LogP contribution in [0.25, 0.3) is 0 Å². The first kappa shape index (κ1) is 18.9. The highest BCUT2D eigenvalue weighted by atomic mass is 16.5. The molecule has 0 aromatic rings. The van der Waals surface area contributed by atoms with Crippen LogP contribution >= 0.6 is 0 Å². The monoisotopic (exact) mass is 372 g/mol. The van der Waals surface area contributed by atoms with Crippen molar-refractivity contribution in [2.45, 2.75) is 72.1 Å². The standard InChI is InChI=1S/C23H32O4/c1-14(24)27-13-21(26)20-7-6-18-17-5-4-15-12-16(25)8-10-22(15,2)19(17)9-11-23(18,20)3/h12,17-20H,4-11,13H2,1-3H3/t17?,18-,19-,20+,22-,23-/m0/s1. The molecule has 0 amide bonds. The third-order valence-corrected chi connectivity index (χ3v) is 8.77. The molecule has 4 aliphatic carbocycles. The van der Waals surface area contributed by atoms with Gasteiger partial charge >= 0.3 is 5.97 Å². The minimum atomic E-state index is -0.377. The summed E-state index contributed by atoms with van der Waals surface area (Å²) < 4.78 is 5.02. The molecule has 0 N–H and O–H groups in total. The van der Waals surface area contributed by atoms with Crippen molar-refractivity contribution in [3.8, 4) is 0 Å². The maximum Gasteiger partial charge on any atom is 0.303 e. The van der Waals surface area contributed by atoms with Crippen LogP contribution in [-0.2, 0) is 19.1 Å². The molecule has 0 heterocycles. The Kier molecular flexibility index (Phi) is 4.59. The van der Waals surface area contributed by atoms with Crippen LogP contribution in [0.2, 0.25) is 0 Å². The normalized spacial score (nSPS) is 43.2. The van der Waals surface area contributed by atoms with Gasteiger partial charge in [0.2, 0.25) is 0 Å². The zero-order chi connectivity index (χ0) is 19.4. The van der Waals surface area contributed by atoms with Gasteiger partial charge in [0.25, 0.3) is 0 Å². The Morgan fingerprint density at radius 1 is 1.07 bits per heavy atom. The molecule has 0 aromatic heterocycles. The van der Waals surface area contributed by atoms with Gasteiger partial charge in [-0.15, -0.1) is 0 Å². The predicted molar refractivity (Wildman–Crippen MR) is 102 cm³/mol. The van der Waals surface area contributed by atoms with Crippen LogP contribution in [0.15, 0.2) is 11.6 Å². The summed E-state index contributed by atoms with van der Waals surface area (Å²) in [5.74, 6) is 1.95. The first-order chi connectivity index (χ1) is 12.8. The van der Waals surface area contributed by atoms with Crippen LogP contribution in [0, 0.1) is 34.5 Å². The van der Waals surface area contributed by atoms with E-state index in [0.29, 0.717) is 30.0 Å². The third kappa shape index (κ3) is 2.91. The number of allylic oxidation sites excluding steroid dienone is 1.